The lowest BCUT2D eigenvalue weighted by Crippen LogP contribution is -2.37. The van der Waals surface area contributed by atoms with Gasteiger partial charge in [0, 0.05) is 48.3 Å². The molecule has 13 rings (SSSR count). The average molecular weight is 1310 g/mol. The minimum absolute atomic E-state index is 0.00168. The predicted octanol–water partition coefficient (Wildman–Crippen LogP) is 7.78. The maximum absolute atomic E-state index is 12.0. The van der Waals surface area contributed by atoms with Crippen molar-refractivity contribution in [2.75, 3.05) is 13.2 Å². The fourth-order valence-corrected chi connectivity index (χ4v) is 15.4. The van der Waals surface area contributed by atoms with Crippen molar-refractivity contribution in [3.05, 3.63) is 0 Å². The normalized spacial score (nSPS) is 36.6. The molecule has 0 aromatic carbocycles. The van der Waals surface area contributed by atoms with Crippen LogP contribution < -0.4 is 0 Å². The Labute approximate surface area is 544 Å². The van der Waals surface area contributed by atoms with Gasteiger partial charge in [0.1, 0.15) is 61.0 Å². The van der Waals surface area contributed by atoms with Crippen LogP contribution >= 0.6 is 0 Å². The van der Waals surface area contributed by atoms with E-state index in [2.05, 4.69) is 0 Å². The molecule has 5 saturated heterocycles. The third-order valence-electron chi connectivity index (χ3n) is 22.8. The summed E-state index contributed by atoms with van der Waals surface area (Å²) >= 11 is 0. The van der Waals surface area contributed by atoms with Gasteiger partial charge < -0.3 is 56.8 Å². The summed E-state index contributed by atoms with van der Waals surface area (Å²) in [6.07, 6.45) is 10.6. The first-order chi connectivity index (χ1) is 44.0. The molecule has 5 aliphatic heterocycles. The molecule has 24 unspecified atom stereocenters. The van der Waals surface area contributed by atoms with E-state index in [1.807, 2.05) is 62.3 Å². The SMILES string of the molecule is CCC(C)(C)C(=O)OC1CCC2CC1OC2=O.CCC(C)(C)C(=O)OCC(=O)OC1C2CC3C(=O)OC1C3C2.CCC(C)C(=O)OC1C2CC3C(=O)OC1C3C2.CCC(C)C(=O)OC1CCC2CC1OC2=O.CCC(C)C(=O)OCC(=O)OC1C2CC3C(=O)OC1C3C2. The van der Waals surface area contributed by atoms with E-state index in [9.17, 15) is 57.5 Å². The molecule has 24 atom stereocenters. The summed E-state index contributed by atoms with van der Waals surface area (Å²) < 4.78 is 63.7. The van der Waals surface area contributed by atoms with E-state index < -0.39 is 34.7 Å². The Hall–Kier alpha value is -6.36. The second-order valence-corrected chi connectivity index (χ2v) is 29.5. The molecule has 0 spiro atoms. The minimum Gasteiger partial charge on any atom is -0.458 e. The van der Waals surface area contributed by atoms with Crippen molar-refractivity contribution in [2.45, 2.75) is 253 Å². The number of hydrogen-bond donors (Lipinski definition) is 0. The largest absolute Gasteiger partial charge is 0.458 e. The number of rotatable bonds is 19. The van der Waals surface area contributed by atoms with Gasteiger partial charge >= 0.3 is 71.6 Å². The molecular formula is C69H98O24. The summed E-state index contributed by atoms with van der Waals surface area (Å²) in [5.74, 6) is -1.86. The average Bonchev–Trinajstić information content (AvgIpc) is 1.59. The Morgan fingerprint density at radius 1 is 0.409 bits per heavy atom. The zero-order valence-corrected chi connectivity index (χ0v) is 56.1. The van der Waals surface area contributed by atoms with E-state index in [0.29, 0.717) is 31.1 Å². The monoisotopic (exact) mass is 1310 g/mol. The minimum atomic E-state index is -0.610. The third-order valence-corrected chi connectivity index (χ3v) is 22.8. The smallest absolute Gasteiger partial charge is 0.344 e. The molecule has 0 aromatic rings. The van der Waals surface area contributed by atoms with Gasteiger partial charge in [-0.3, -0.25) is 47.9 Å². The van der Waals surface area contributed by atoms with Crippen molar-refractivity contribution in [2.24, 2.45) is 93.7 Å². The van der Waals surface area contributed by atoms with Gasteiger partial charge in [0.25, 0.3) is 0 Å². The van der Waals surface area contributed by atoms with E-state index in [0.717, 1.165) is 89.9 Å². The predicted molar refractivity (Wildman–Crippen MR) is 321 cm³/mol. The summed E-state index contributed by atoms with van der Waals surface area (Å²) in [6.45, 7) is 21.7. The van der Waals surface area contributed by atoms with Crippen LogP contribution in [0.4, 0.5) is 0 Å². The molecule has 0 aromatic heterocycles. The first-order valence-corrected chi connectivity index (χ1v) is 34.4. The molecule has 10 bridgehead atoms. The van der Waals surface area contributed by atoms with Gasteiger partial charge in [-0.05, 0) is 124 Å². The summed E-state index contributed by atoms with van der Waals surface area (Å²) in [7, 11) is 0. The lowest BCUT2D eigenvalue weighted by Gasteiger charge is -2.29. The molecule has 518 valence electrons. The van der Waals surface area contributed by atoms with Crippen LogP contribution in [0.5, 0.6) is 0 Å². The molecular weight excluding hydrogens is 1210 g/mol. The number of ether oxygens (including phenoxy) is 12. The van der Waals surface area contributed by atoms with E-state index in [1.165, 1.54) is 0 Å². The van der Waals surface area contributed by atoms with Crippen molar-refractivity contribution in [1.82, 2.24) is 0 Å². The van der Waals surface area contributed by atoms with Gasteiger partial charge in [-0.15, -0.1) is 0 Å². The molecule has 13 aliphatic rings. The van der Waals surface area contributed by atoms with Gasteiger partial charge in [-0.25, -0.2) is 9.59 Å². The third kappa shape index (κ3) is 15.3. The van der Waals surface area contributed by atoms with Crippen molar-refractivity contribution >= 4 is 71.6 Å². The zero-order valence-electron chi connectivity index (χ0n) is 56.1. The number of carbonyl (C=O) groups is 12. The van der Waals surface area contributed by atoms with Crippen LogP contribution in [0.3, 0.4) is 0 Å². The Kier molecular flexibility index (Phi) is 22.4. The molecule has 5 heterocycles. The van der Waals surface area contributed by atoms with Crippen LogP contribution in [-0.2, 0) is 114 Å². The fourth-order valence-electron chi connectivity index (χ4n) is 15.4. The van der Waals surface area contributed by atoms with Crippen molar-refractivity contribution in [1.29, 1.82) is 0 Å². The Morgan fingerprint density at radius 3 is 1.16 bits per heavy atom. The molecule has 13 fully saturated rings. The lowest BCUT2D eigenvalue weighted by atomic mass is 9.87. The van der Waals surface area contributed by atoms with Crippen molar-refractivity contribution in [3.63, 3.8) is 0 Å². The number of carbonyl (C=O) groups excluding carboxylic acids is 12. The van der Waals surface area contributed by atoms with E-state index in [-0.39, 0.29) is 193 Å². The molecule has 0 amide bonds. The van der Waals surface area contributed by atoms with Crippen LogP contribution in [0, 0.1) is 93.7 Å². The second kappa shape index (κ2) is 29.3. The highest BCUT2D eigenvalue weighted by Gasteiger charge is 2.66. The van der Waals surface area contributed by atoms with Crippen LogP contribution in [-0.4, -0.2) is 146 Å². The van der Waals surface area contributed by atoms with Crippen LogP contribution in [0.2, 0.25) is 0 Å². The number of hydrogen-bond acceptors (Lipinski definition) is 24. The van der Waals surface area contributed by atoms with Crippen LogP contribution in [0.15, 0.2) is 0 Å². The first kappa shape index (κ1) is 70.9. The molecule has 8 aliphatic carbocycles. The quantitative estimate of drug-likeness (QED) is 0.0879. The zero-order chi connectivity index (χ0) is 67.7. The molecule has 0 radical (unpaired) electrons. The fraction of sp³-hybridized carbons (Fsp3) is 0.826. The van der Waals surface area contributed by atoms with Crippen LogP contribution in [0.1, 0.15) is 192 Å². The van der Waals surface area contributed by atoms with Gasteiger partial charge in [0.05, 0.1) is 58.2 Å². The van der Waals surface area contributed by atoms with E-state index >= 15 is 0 Å². The molecule has 0 N–H and O–H groups in total. The Balaban J connectivity index is 0.000000138. The molecule has 8 saturated carbocycles. The highest BCUT2D eigenvalue weighted by atomic mass is 16.6. The summed E-state index contributed by atoms with van der Waals surface area (Å²) in [4.78, 5) is 140. The number of esters is 12. The van der Waals surface area contributed by atoms with Gasteiger partial charge in [-0.1, -0.05) is 55.4 Å². The summed E-state index contributed by atoms with van der Waals surface area (Å²) in [5.41, 5.74) is -1.07. The first-order valence-electron chi connectivity index (χ1n) is 34.4. The Morgan fingerprint density at radius 2 is 0.763 bits per heavy atom. The number of fused-ring (bicyclic) bond motifs is 7. The van der Waals surface area contributed by atoms with Crippen molar-refractivity contribution < 1.29 is 114 Å². The van der Waals surface area contributed by atoms with Gasteiger partial charge in [0.2, 0.25) is 0 Å². The second-order valence-electron chi connectivity index (χ2n) is 29.5. The topological polar surface area (TPSA) is 316 Å². The van der Waals surface area contributed by atoms with Crippen molar-refractivity contribution in [3.8, 4) is 0 Å². The van der Waals surface area contributed by atoms with E-state index in [4.69, 9.17) is 56.8 Å². The standard InChI is InChI=1S/C16H22O6.C15H20O6.C13H18O4.C13H20O4.C12H18O4/c1-4-16(2,3)15(19)20-7-11(17)21-12-8-5-9-10(6-8)14(18)22-13(9)12;1-3-7(2)14(17)19-6-11(16)20-12-8-4-9-10(5-8)15(18)21-13(9)12;1-3-6(2)12(14)16-10-7-4-8-9(5-7)13(15)17-11(8)10;1-4-13(2,3)12(15)17-9-6-5-8-7-10(9)16-11(8)14;1-3-7(2)11(13)15-9-5-4-8-6-10(9)16-12(8)14/h8-10,12-13H,4-7H2,1-3H3;7-10,12-13H,3-6H2,1-2H3;6-11H,3-5H2,1-2H3;8-10H,4-7H2,1-3H3;7-10H,3-6H2,1-2H3. The van der Waals surface area contributed by atoms with Gasteiger partial charge in [-0.2, -0.15) is 0 Å². The maximum Gasteiger partial charge on any atom is 0.344 e. The van der Waals surface area contributed by atoms with E-state index in [1.54, 1.807) is 20.8 Å². The molecule has 24 heteroatoms. The maximum atomic E-state index is 12.0. The molecule has 93 heavy (non-hydrogen) atoms. The lowest BCUT2D eigenvalue weighted by molar-refractivity contribution is -0.172. The Bertz CT molecular complexity index is 2840. The summed E-state index contributed by atoms with van der Waals surface area (Å²) in [6, 6.07) is 0. The highest BCUT2D eigenvalue weighted by Crippen LogP contribution is 2.58. The highest BCUT2D eigenvalue weighted by molar-refractivity contribution is 5.82. The van der Waals surface area contributed by atoms with Crippen LogP contribution in [0.25, 0.3) is 0 Å². The van der Waals surface area contributed by atoms with Gasteiger partial charge in [0.15, 0.2) is 13.2 Å². The summed E-state index contributed by atoms with van der Waals surface area (Å²) in [5, 5.41) is 0. The molecule has 24 nitrogen and oxygen atoms in total.